The Morgan fingerprint density at radius 2 is 1.88 bits per heavy atom. The van der Waals surface area contributed by atoms with Crippen LogP contribution >= 0.6 is 0 Å². The predicted molar refractivity (Wildman–Crippen MR) is 62.1 cm³/mol. The van der Waals surface area contributed by atoms with Crippen molar-refractivity contribution in [3.05, 3.63) is 0 Å². The molecular formula is C13H22F2O2. The van der Waals surface area contributed by atoms with Crippen LogP contribution in [0.15, 0.2) is 0 Å². The van der Waals surface area contributed by atoms with Crippen molar-refractivity contribution in [2.75, 3.05) is 7.11 Å². The van der Waals surface area contributed by atoms with E-state index >= 15 is 0 Å². The Morgan fingerprint density at radius 1 is 1.29 bits per heavy atom. The number of carbonyl (C=O) groups is 1. The molecule has 1 aliphatic rings. The van der Waals surface area contributed by atoms with E-state index in [0.29, 0.717) is 19.3 Å². The number of ether oxygens (including phenoxy) is 1. The van der Waals surface area contributed by atoms with Gasteiger partial charge in [0.2, 0.25) is 6.43 Å². The monoisotopic (exact) mass is 248 g/mol. The lowest BCUT2D eigenvalue weighted by atomic mass is 9.72. The van der Waals surface area contributed by atoms with Gasteiger partial charge in [-0.3, -0.25) is 4.79 Å². The molecule has 1 saturated carbocycles. The molecule has 1 rings (SSSR count). The van der Waals surface area contributed by atoms with E-state index in [1.807, 2.05) is 20.8 Å². The van der Waals surface area contributed by atoms with E-state index in [-0.39, 0.29) is 17.8 Å². The standard InChI is InChI=1S/C13H22F2O2/c1-13(2,3)11(16)9-6-5-8(12(14)15)7-10(9)17-4/h8-10,12H,5-7H2,1-4H3. The molecule has 0 bridgehead atoms. The second kappa shape index (κ2) is 5.42. The van der Waals surface area contributed by atoms with E-state index in [9.17, 15) is 13.6 Å². The van der Waals surface area contributed by atoms with Crippen molar-refractivity contribution in [2.24, 2.45) is 17.3 Å². The Balaban J connectivity index is 2.73. The highest BCUT2D eigenvalue weighted by molar-refractivity contribution is 5.86. The molecule has 0 heterocycles. The molecule has 4 heteroatoms. The highest BCUT2D eigenvalue weighted by Crippen LogP contribution is 2.37. The second-order valence-electron chi connectivity index (χ2n) is 5.90. The van der Waals surface area contributed by atoms with Crippen molar-refractivity contribution in [1.82, 2.24) is 0 Å². The maximum absolute atomic E-state index is 12.7. The summed E-state index contributed by atoms with van der Waals surface area (Å²) in [5.41, 5.74) is -0.431. The number of carbonyl (C=O) groups excluding carboxylic acids is 1. The third kappa shape index (κ3) is 3.47. The number of hydrogen-bond acceptors (Lipinski definition) is 2. The van der Waals surface area contributed by atoms with Gasteiger partial charge >= 0.3 is 0 Å². The van der Waals surface area contributed by atoms with Crippen LogP contribution in [0.5, 0.6) is 0 Å². The number of alkyl halides is 2. The van der Waals surface area contributed by atoms with Crippen LogP contribution in [-0.4, -0.2) is 25.4 Å². The number of ketones is 1. The van der Waals surface area contributed by atoms with Gasteiger partial charge in [-0.15, -0.1) is 0 Å². The Kier molecular flexibility index (Phi) is 4.64. The Bertz CT molecular complexity index is 271. The van der Waals surface area contributed by atoms with Gasteiger partial charge in [0.1, 0.15) is 5.78 Å². The molecule has 0 radical (unpaired) electrons. The van der Waals surface area contributed by atoms with Crippen molar-refractivity contribution in [2.45, 2.75) is 52.6 Å². The van der Waals surface area contributed by atoms with E-state index in [1.165, 1.54) is 7.11 Å². The van der Waals surface area contributed by atoms with Gasteiger partial charge in [0.05, 0.1) is 6.10 Å². The minimum Gasteiger partial charge on any atom is -0.381 e. The third-order valence-electron chi connectivity index (χ3n) is 3.57. The summed E-state index contributed by atoms with van der Waals surface area (Å²) in [4.78, 5) is 12.2. The first-order chi connectivity index (χ1) is 7.77. The first-order valence-electron chi connectivity index (χ1n) is 6.12. The van der Waals surface area contributed by atoms with E-state index < -0.39 is 17.8 Å². The summed E-state index contributed by atoms with van der Waals surface area (Å²) in [6, 6.07) is 0. The Hall–Kier alpha value is -0.510. The second-order valence-corrected chi connectivity index (χ2v) is 5.90. The fraction of sp³-hybridized carbons (Fsp3) is 0.923. The molecule has 2 nitrogen and oxygen atoms in total. The van der Waals surface area contributed by atoms with Gasteiger partial charge in [-0.2, -0.15) is 0 Å². The molecule has 0 aromatic carbocycles. The zero-order valence-electron chi connectivity index (χ0n) is 11.0. The maximum Gasteiger partial charge on any atom is 0.241 e. The number of methoxy groups -OCH3 is 1. The van der Waals surface area contributed by atoms with Crippen LogP contribution in [0.4, 0.5) is 8.78 Å². The molecule has 0 spiro atoms. The fourth-order valence-corrected chi connectivity index (χ4v) is 2.51. The van der Waals surface area contributed by atoms with Crippen molar-refractivity contribution in [3.63, 3.8) is 0 Å². The topological polar surface area (TPSA) is 26.3 Å². The average molecular weight is 248 g/mol. The number of hydrogen-bond donors (Lipinski definition) is 0. The predicted octanol–water partition coefficient (Wildman–Crippen LogP) is 3.30. The lowest BCUT2D eigenvalue weighted by molar-refractivity contribution is -0.139. The van der Waals surface area contributed by atoms with Gasteiger partial charge < -0.3 is 4.74 Å². The SMILES string of the molecule is COC1CC(C(F)F)CCC1C(=O)C(C)(C)C. The van der Waals surface area contributed by atoms with Crippen LogP contribution in [0.25, 0.3) is 0 Å². The Morgan fingerprint density at radius 3 is 2.29 bits per heavy atom. The summed E-state index contributed by atoms with van der Waals surface area (Å²) in [5, 5.41) is 0. The van der Waals surface area contributed by atoms with Crippen LogP contribution in [0, 0.1) is 17.3 Å². The highest BCUT2D eigenvalue weighted by atomic mass is 19.3. The van der Waals surface area contributed by atoms with Gasteiger partial charge in [0.15, 0.2) is 0 Å². The van der Waals surface area contributed by atoms with Gasteiger partial charge in [-0.1, -0.05) is 20.8 Å². The summed E-state index contributed by atoms with van der Waals surface area (Å²) in [5.74, 6) is -0.726. The summed E-state index contributed by atoms with van der Waals surface area (Å²) < 4.78 is 30.5. The molecule has 0 saturated heterocycles. The quantitative estimate of drug-likeness (QED) is 0.766. The van der Waals surface area contributed by atoms with Crippen LogP contribution in [0.1, 0.15) is 40.0 Å². The van der Waals surface area contributed by atoms with E-state index in [1.54, 1.807) is 0 Å². The normalized spacial score (nSPS) is 30.6. The molecule has 17 heavy (non-hydrogen) atoms. The summed E-state index contributed by atoms with van der Waals surface area (Å²) >= 11 is 0. The number of halogens is 2. The lowest BCUT2D eigenvalue weighted by Crippen LogP contribution is -2.42. The number of rotatable bonds is 3. The minimum atomic E-state index is -2.31. The highest BCUT2D eigenvalue weighted by Gasteiger charge is 2.41. The van der Waals surface area contributed by atoms with E-state index in [4.69, 9.17) is 4.74 Å². The van der Waals surface area contributed by atoms with Crippen molar-refractivity contribution in [1.29, 1.82) is 0 Å². The summed E-state index contributed by atoms with van der Waals surface area (Å²) in [6.07, 6.45) is -1.43. The third-order valence-corrected chi connectivity index (χ3v) is 3.57. The zero-order valence-corrected chi connectivity index (χ0v) is 11.0. The van der Waals surface area contributed by atoms with Crippen LogP contribution in [0.2, 0.25) is 0 Å². The van der Waals surface area contributed by atoms with Crippen molar-refractivity contribution in [3.8, 4) is 0 Å². The summed E-state index contributed by atoms with van der Waals surface area (Å²) in [7, 11) is 1.50. The van der Waals surface area contributed by atoms with Crippen molar-refractivity contribution >= 4 is 5.78 Å². The molecular weight excluding hydrogens is 226 g/mol. The molecule has 3 atom stereocenters. The largest absolute Gasteiger partial charge is 0.381 e. The van der Waals surface area contributed by atoms with Crippen LogP contribution < -0.4 is 0 Å². The van der Waals surface area contributed by atoms with Crippen LogP contribution in [0.3, 0.4) is 0 Å². The smallest absolute Gasteiger partial charge is 0.241 e. The fourth-order valence-electron chi connectivity index (χ4n) is 2.51. The zero-order chi connectivity index (χ0) is 13.2. The van der Waals surface area contributed by atoms with E-state index in [0.717, 1.165) is 0 Å². The van der Waals surface area contributed by atoms with Gasteiger partial charge in [0, 0.05) is 24.4 Å². The molecule has 100 valence electrons. The molecule has 0 amide bonds. The Labute approximate surface area is 102 Å². The van der Waals surface area contributed by atoms with Gasteiger partial charge in [0.25, 0.3) is 0 Å². The molecule has 0 aliphatic heterocycles. The molecule has 0 aromatic rings. The first kappa shape index (κ1) is 14.6. The van der Waals surface area contributed by atoms with Crippen LogP contribution in [-0.2, 0) is 9.53 Å². The van der Waals surface area contributed by atoms with E-state index in [2.05, 4.69) is 0 Å². The molecule has 3 unspecified atom stereocenters. The average Bonchev–Trinajstić information content (AvgIpc) is 2.25. The lowest BCUT2D eigenvalue weighted by Gasteiger charge is -2.36. The molecule has 0 N–H and O–H groups in total. The van der Waals surface area contributed by atoms with Crippen molar-refractivity contribution < 1.29 is 18.3 Å². The molecule has 1 aliphatic carbocycles. The number of Topliss-reactive ketones (excluding diaryl/α,β-unsaturated/α-hetero) is 1. The first-order valence-corrected chi connectivity index (χ1v) is 6.12. The maximum atomic E-state index is 12.7. The minimum absolute atomic E-state index is 0.122. The van der Waals surface area contributed by atoms with Gasteiger partial charge in [-0.05, 0) is 19.3 Å². The summed E-state index contributed by atoms with van der Waals surface area (Å²) in [6.45, 7) is 5.59. The van der Waals surface area contributed by atoms with Gasteiger partial charge in [-0.25, -0.2) is 8.78 Å². The molecule has 1 fully saturated rings. The molecule has 0 aromatic heterocycles.